The van der Waals surface area contributed by atoms with Crippen molar-refractivity contribution in [2.24, 2.45) is 0 Å². The molecule has 0 aliphatic rings. The Morgan fingerprint density at radius 2 is 2.14 bits per heavy atom. The summed E-state index contributed by atoms with van der Waals surface area (Å²) in [6.07, 6.45) is -2.99. The molecular weight excluding hydrogens is 196 g/mol. The van der Waals surface area contributed by atoms with E-state index in [0.29, 0.717) is 0 Å². The minimum Gasteiger partial charge on any atom is -0.505 e. The van der Waals surface area contributed by atoms with E-state index >= 15 is 0 Å². The van der Waals surface area contributed by atoms with E-state index in [0.717, 1.165) is 6.07 Å². The van der Waals surface area contributed by atoms with Crippen LogP contribution in [0.1, 0.15) is 28.2 Å². The molecule has 0 atom stereocenters. The first-order chi connectivity index (χ1) is 6.43. The van der Waals surface area contributed by atoms with E-state index in [4.69, 9.17) is 10.2 Å². The lowest BCUT2D eigenvalue weighted by Gasteiger charge is -2.06. The van der Waals surface area contributed by atoms with E-state index < -0.39 is 29.4 Å². The maximum atomic E-state index is 12.2. The average molecular weight is 203 g/mol. The third kappa shape index (κ3) is 1.78. The molecule has 0 aromatic carbocycles. The molecule has 0 aliphatic heterocycles. The lowest BCUT2D eigenvalue weighted by molar-refractivity contribution is 0.0692. The van der Waals surface area contributed by atoms with E-state index in [2.05, 4.69) is 4.98 Å². The van der Waals surface area contributed by atoms with Gasteiger partial charge in [0.25, 0.3) is 6.43 Å². The van der Waals surface area contributed by atoms with Gasteiger partial charge >= 0.3 is 5.97 Å². The smallest absolute Gasteiger partial charge is 0.339 e. The van der Waals surface area contributed by atoms with Gasteiger partial charge in [-0.05, 0) is 13.0 Å². The maximum Gasteiger partial charge on any atom is 0.339 e. The molecule has 1 aromatic heterocycles. The Hall–Kier alpha value is -1.72. The molecule has 0 spiro atoms. The molecule has 0 saturated heterocycles. The molecule has 2 N–H and O–H groups in total. The van der Waals surface area contributed by atoms with Crippen molar-refractivity contribution in [1.29, 1.82) is 0 Å². The van der Waals surface area contributed by atoms with Crippen LogP contribution in [0.25, 0.3) is 0 Å². The third-order valence-electron chi connectivity index (χ3n) is 1.58. The van der Waals surface area contributed by atoms with Crippen LogP contribution in [0.3, 0.4) is 0 Å². The second kappa shape index (κ2) is 3.57. The quantitative estimate of drug-likeness (QED) is 0.767. The zero-order valence-corrected chi connectivity index (χ0v) is 7.16. The van der Waals surface area contributed by atoms with Crippen LogP contribution in [0, 0.1) is 6.92 Å². The average Bonchev–Trinajstić information content (AvgIpc) is 2.07. The van der Waals surface area contributed by atoms with Crippen LogP contribution in [0.15, 0.2) is 6.07 Å². The van der Waals surface area contributed by atoms with Gasteiger partial charge in [0.15, 0.2) is 5.75 Å². The number of aryl methyl sites for hydroxylation is 1. The van der Waals surface area contributed by atoms with Crippen molar-refractivity contribution in [2.45, 2.75) is 13.3 Å². The number of rotatable bonds is 2. The predicted octanol–water partition coefficient (Wildman–Crippen LogP) is 1.73. The Balaban J connectivity index is 3.40. The Kier molecular flexibility index (Phi) is 2.64. The van der Waals surface area contributed by atoms with Crippen molar-refractivity contribution in [3.63, 3.8) is 0 Å². The molecule has 0 aliphatic carbocycles. The van der Waals surface area contributed by atoms with E-state index in [9.17, 15) is 13.6 Å². The summed E-state index contributed by atoms with van der Waals surface area (Å²) in [5, 5.41) is 17.7. The number of pyridine rings is 1. The Morgan fingerprint density at radius 1 is 1.57 bits per heavy atom. The number of aromatic nitrogens is 1. The van der Waals surface area contributed by atoms with Crippen LogP contribution in [-0.4, -0.2) is 21.2 Å². The lowest BCUT2D eigenvalue weighted by Crippen LogP contribution is -2.03. The van der Waals surface area contributed by atoms with Crippen LogP contribution in [0.4, 0.5) is 8.78 Å². The molecule has 0 saturated carbocycles. The molecule has 0 radical (unpaired) electrons. The molecule has 14 heavy (non-hydrogen) atoms. The summed E-state index contributed by atoms with van der Waals surface area (Å²) in [6, 6.07) is 1.03. The van der Waals surface area contributed by atoms with Crippen molar-refractivity contribution >= 4 is 5.97 Å². The fraction of sp³-hybridized carbons (Fsp3) is 0.250. The number of carboxylic acids is 1. The highest BCUT2D eigenvalue weighted by Gasteiger charge is 2.21. The van der Waals surface area contributed by atoms with Crippen LogP contribution in [-0.2, 0) is 0 Å². The fourth-order valence-electron chi connectivity index (χ4n) is 1.01. The zero-order valence-electron chi connectivity index (χ0n) is 7.16. The number of aromatic carboxylic acids is 1. The Morgan fingerprint density at radius 3 is 2.57 bits per heavy atom. The highest BCUT2D eigenvalue weighted by atomic mass is 19.3. The monoisotopic (exact) mass is 203 g/mol. The molecule has 0 amide bonds. The molecule has 1 heterocycles. The second-order valence-corrected chi connectivity index (χ2v) is 2.65. The summed E-state index contributed by atoms with van der Waals surface area (Å²) in [5.41, 5.74) is -1.34. The topological polar surface area (TPSA) is 70.4 Å². The Labute approximate surface area is 77.8 Å². The standard InChI is InChI=1S/C8H7F2NO3/c1-3-2-4(8(13)14)6(12)5(11-3)7(9)10/h2,7,12H,1H3,(H,13,14). The minimum absolute atomic E-state index is 0.121. The van der Waals surface area contributed by atoms with Crippen LogP contribution in [0.5, 0.6) is 5.75 Å². The third-order valence-corrected chi connectivity index (χ3v) is 1.58. The predicted molar refractivity (Wildman–Crippen MR) is 42.6 cm³/mol. The van der Waals surface area contributed by atoms with Crippen molar-refractivity contribution in [1.82, 2.24) is 4.98 Å². The van der Waals surface area contributed by atoms with Crippen LogP contribution in [0.2, 0.25) is 0 Å². The molecule has 4 nitrogen and oxygen atoms in total. The minimum atomic E-state index is -2.99. The Bertz CT molecular complexity index is 379. The van der Waals surface area contributed by atoms with Gasteiger partial charge in [0.1, 0.15) is 11.3 Å². The highest BCUT2D eigenvalue weighted by Crippen LogP contribution is 2.29. The summed E-state index contributed by atoms with van der Waals surface area (Å²) >= 11 is 0. The molecule has 76 valence electrons. The van der Waals surface area contributed by atoms with E-state index in [1.807, 2.05) is 0 Å². The van der Waals surface area contributed by atoms with E-state index in [1.165, 1.54) is 6.92 Å². The van der Waals surface area contributed by atoms with Crippen LogP contribution < -0.4 is 0 Å². The van der Waals surface area contributed by atoms with Gasteiger partial charge in [-0.15, -0.1) is 0 Å². The molecule has 1 rings (SSSR count). The van der Waals surface area contributed by atoms with E-state index in [1.54, 1.807) is 0 Å². The largest absolute Gasteiger partial charge is 0.505 e. The number of hydrogen-bond acceptors (Lipinski definition) is 3. The number of aromatic hydroxyl groups is 1. The lowest BCUT2D eigenvalue weighted by atomic mass is 10.1. The number of carbonyl (C=O) groups is 1. The first-order valence-corrected chi connectivity index (χ1v) is 3.65. The van der Waals surface area contributed by atoms with Crippen molar-refractivity contribution in [2.75, 3.05) is 0 Å². The van der Waals surface area contributed by atoms with Crippen molar-refractivity contribution in [3.8, 4) is 5.75 Å². The van der Waals surface area contributed by atoms with Crippen LogP contribution >= 0.6 is 0 Å². The van der Waals surface area contributed by atoms with Gasteiger partial charge in [0, 0.05) is 5.69 Å². The number of hydrogen-bond donors (Lipinski definition) is 2. The summed E-state index contributed by atoms with van der Waals surface area (Å²) in [4.78, 5) is 13.9. The number of carboxylic acid groups (broad SMARTS) is 1. The molecule has 0 fully saturated rings. The fourth-order valence-corrected chi connectivity index (χ4v) is 1.01. The van der Waals surface area contributed by atoms with E-state index in [-0.39, 0.29) is 5.69 Å². The second-order valence-electron chi connectivity index (χ2n) is 2.65. The zero-order chi connectivity index (χ0) is 10.9. The highest BCUT2D eigenvalue weighted by molar-refractivity contribution is 5.91. The van der Waals surface area contributed by atoms with Gasteiger partial charge in [-0.2, -0.15) is 0 Å². The summed E-state index contributed by atoms with van der Waals surface area (Å²) in [7, 11) is 0. The summed E-state index contributed by atoms with van der Waals surface area (Å²) in [6.45, 7) is 1.37. The van der Waals surface area contributed by atoms with Crippen molar-refractivity contribution < 1.29 is 23.8 Å². The number of nitrogens with zero attached hydrogens (tertiary/aromatic N) is 1. The molecule has 1 aromatic rings. The van der Waals surface area contributed by atoms with Crippen molar-refractivity contribution in [3.05, 3.63) is 23.0 Å². The SMILES string of the molecule is Cc1cc(C(=O)O)c(O)c(C(F)F)n1. The van der Waals surface area contributed by atoms with Gasteiger partial charge in [-0.3, -0.25) is 0 Å². The van der Waals surface area contributed by atoms with Gasteiger partial charge in [0.2, 0.25) is 0 Å². The maximum absolute atomic E-state index is 12.2. The van der Waals surface area contributed by atoms with Gasteiger partial charge < -0.3 is 10.2 Å². The molecule has 6 heteroatoms. The normalized spacial score (nSPS) is 10.6. The molecule has 0 bridgehead atoms. The summed E-state index contributed by atoms with van der Waals surface area (Å²) < 4.78 is 24.5. The number of halogens is 2. The first-order valence-electron chi connectivity index (χ1n) is 3.65. The van der Waals surface area contributed by atoms with Gasteiger partial charge in [-0.25, -0.2) is 18.6 Å². The number of alkyl halides is 2. The molecule has 0 unspecified atom stereocenters. The summed E-state index contributed by atoms with van der Waals surface area (Å²) in [5.74, 6) is -2.44. The molecular formula is C8H7F2NO3. The first kappa shape index (κ1) is 10.4. The van der Waals surface area contributed by atoms with Gasteiger partial charge in [0.05, 0.1) is 0 Å². The van der Waals surface area contributed by atoms with Gasteiger partial charge in [-0.1, -0.05) is 0 Å².